The highest BCUT2D eigenvalue weighted by molar-refractivity contribution is 6.35. The molecular weight excluding hydrogens is 416 g/mol. The lowest BCUT2D eigenvalue weighted by Crippen LogP contribution is -2.29. The molecule has 6 nitrogen and oxygen atoms in total. The topological polar surface area (TPSA) is 86.7 Å². The number of hydrogen-bond acceptors (Lipinski definition) is 4. The first-order valence-electron chi connectivity index (χ1n) is 10.3. The fourth-order valence-corrected chi connectivity index (χ4v) is 3.88. The molecule has 0 saturated carbocycles. The quantitative estimate of drug-likeness (QED) is 0.345. The first-order chi connectivity index (χ1) is 16.0. The minimum atomic E-state index is -0.474. The summed E-state index contributed by atoms with van der Waals surface area (Å²) >= 11 is 0. The molecule has 4 aromatic rings. The number of imide groups is 1. The summed E-state index contributed by atoms with van der Waals surface area (Å²) in [5, 5.41) is 12.1. The van der Waals surface area contributed by atoms with Gasteiger partial charge in [-0.05, 0) is 54.1 Å². The Hall–Kier alpha value is -4.71. The third-order valence-electron chi connectivity index (χ3n) is 5.50. The second kappa shape index (κ2) is 8.09. The van der Waals surface area contributed by atoms with Crippen LogP contribution in [0.3, 0.4) is 0 Å². The molecule has 33 heavy (non-hydrogen) atoms. The highest BCUT2D eigenvalue weighted by Crippen LogP contribution is 2.36. The number of fused-ring (bicyclic) bond motifs is 1. The molecule has 0 aliphatic carbocycles. The zero-order valence-corrected chi connectivity index (χ0v) is 17.4. The van der Waals surface area contributed by atoms with Crippen LogP contribution in [0, 0.1) is 0 Å². The number of carbonyl (C=O) groups excluding carboxylic acids is 3. The normalized spacial score (nSPS) is 12.5. The molecule has 0 unspecified atom stereocenters. The van der Waals surface area contributed by atoms with Crippen LogP contribution in [0.2, 0.25) is 0 Å². The van der Waals surface area contributed by atoms with Gasteiger partial charge in [0.1, 0.15) is 5.75 Å². The number of para-hydroxylation sites is 1. The van der Waals surface area contributed by atoms with Crippen molar-refractivity contribution in [3.63, 3.8) is 0 Å². The Morgan fingerprint density at radius 1 is 0.697 bits per heavy atom. The first-order valence-corrected chi connectivity index (χ1v) is 10.3. The number of amides is 3. The number of phenolic OH excluding ortho intramolecular Hbond substituents is 1. The number of nitrogens with zero attached hydrogens (tertiary/aromatic N) is 1. The fourth-order valence-electron chi connectivity index (χ4n) is 3.88. The largest absolute Gasteiger partial charge is 0.508 e. The van der Waals surface area contributed by atoms with Crippen LogP contribution < -0.4 is 10.2 Å². The molecular formula is C27H18N2O4. The Kier molecular flexibility index (Phi) is 4.95. The maximum absolute atomic E-state index is 13.3. The van der Waals surface area contributed by atoms with Gasteiger partial charge in [0, 0.05) is 16.8 Å². The first kappa shape index (κ1) is 20.2. The molecule has 6 heteroatoms. The number of nitrogens with one attached hydrogen (secondary N) is 1. The predicted octanol–water partition coefficient (Wildman–Crippen LogP) is 5.11. The monoisotopic (exact) mass is 434 g/mol. The molecule has 0 radical (unpaired) electrons. The third kappa shape index (κ3) is 3.64. The van der Waals surface area contributed by atoms with Crippen molar-refractivity contribution in [2.45, 2.75) is 0 Å². The van der Waals surface area contributed by atoms with Gasteiger partial charge in [0.15, 0.2) is 0 Å². The number of aromatic hydroxyl groups is 1. The third-order valence-corrected chi connectivity index (χ3v) is 5.50. The second-order valence-corrected chi connectivity index (χ2v) is 7.59. The zero-order valence-electron chi connectivity index (χ0n) is 17.4. The van der Waals surface area contributed by atoms with Gasteiger partial charge in [0.25, 0.3) is 17.7 Å². The van der Waals surface area contributed by atoms with E-state index in [1.54, 1.807) is 24.3 Å². The Morgan fingerprint density at radius 2 is 1.36 bits per heavy atom. The molecule has 1 heterocycles. The summed E-state index contributed by atoms with van der Waals surface area (Å²) in [7, 11) is 0. The second-order valence-electron chi connectivity index (χ2n) is 7.59. The van der Waals surface area contributed by atoms with Crippen molar-refractivity contribution in [3.05, 3.63) is 114 Å². The van der Waals surface area contributed by atoms with Gasteiger partial charge in [-0.25, -0.2) is 4.90 Å². The van der Waals surface area contributed by atoms with E-state index in [-0.39, 0.29) is 22.4 Å². The van der Waals surface area contributed by atoms with E-state index in [9.17, 15) is 19.5 Å². The van der Waals surface area contributed by atoms with E-state index in [2.05, 4.69) is 5.32 Å². The lowest BCUT2D eigenvalue weighted by atomic mass is 10.0. The lowest BCUT2D eigenvalue weighted by Gasteiger charge is -2.18. The number of phenols is 1. The smallest absolute Gasteiger partial charge is 0.266 e. The molecule has 1 aliphatic heterocycles. The summed E-state index contributed by atoms with van der Waals surface area (Å²) < 4.78 is 0. The summed E-state index contributed by atoms with van der Waals surface area (Å²) in [6, 6.07) is 27.3. The van der Waals surface area contributed by atoms with Crippen LogP contribution in [-0.2, 0) is 0 Å². The molecule has 2 N–H and O–H groups in total. The molecule has 0 fully saturated rings. The van der Waals surface area contributed by atoms with Gasteiger partial charge in [-0.3, -0.25) is 14.4 Å². The minimum Gasteiger partial charge on any atom is -0.508 e. The van der Waals surface area contributed by atoms with Crippen LogP contribution in [0.1, 0.15) is 31.1 Å². The highest BCUT2D eigenvalue weighted by Gasteiger charge is 2.38. The molecule has 3 amide bonds. The van der Waals surface area contributed by atoms with E-state index in [4.69, 9.17) is 0 Å². The van der Waals surface area contributed by atoms with E-state index in [1.807, 2.05) is 42.5 Å². The summed E-state index contributed by atoms with van der Waals surface area (Å²) in [4.78, 5) is 40.3. The van der Waals surface area contributed by atoms with Gasteiger partial charge in [-0.15, -0.1) is 0 Å². The van der Waals surface area contributed by atoms with Crippen LogP contribution in [0.5, 0.6) is 5.75 Å². The SMILES string of the molecule is O=C(Nc1ccc(O)cc1)c1ccc2c(c1)C(=O)N(c1ccccc1-c1ccccc1)C2=O. The van der Waals surface area contributed by atoms with Crippen LogP contribution in [0.25, 0.3) is 11.1 Å². The molecule has 1 aliphatic rings. The molecule has 4 aromatic carbocycles. The van der Waals surface area contributed by atoms with Gasteiger partial charge in [0.05, 0.1) is 16.8 Å². The zero-order chi connectivity index (χ0) is 22.9. The summed E-state index contributed by atoms with van der Waals surface area (Å²) in [5.74, 6) is -1.24. The number of benzene rings is 4. The van der Waals surface area contributed by atoms with E-state index < -0.39 is 17.7 Å². The van der Waals surface area contributed by atoms with E-state index >= 15 is 0 Å². The van der Waals surface area contributed by atoms with Gasteiger partial charge in [-0.1, -0.05) is 48.5 Å². The Morgan fingerprint density at radius 3 is 2.12 bits per heavy atom. The number of anilines is 2. The van der Waals surface area contributed by atoms with E-state index in [1.165, 1.54) is 30.3 Å². The van der Waals surface area contributed by atoms with Crippen LogP contribution in [0.4, 0.5) is 11.4 Å². The molecule has 0 atom stereocenters. The standard InChI is InChI=1S/C27H18N2O4/c30-20-13-11-19(12-14-20)28-25(31)18-10-15-22-23(16-18)27(33)29(26(22)32)24-9-5-4-8-21(24)17-6-2-1-3-7-17/h1-16,30H,(H,28,31). The Balaban J connectivity index is 1.48. The molecule has 160 valence electrons. The Labute approximate surface area is 189 Å². The average Bonchev–Trinajstić information content (AvgIpc) is 3.10. The van der Waals surface area contributed by atoms with Crippen molar-refractivity contribution in [1.29, 1.82) is 0 Å². The van der Waals surface area contributed by atoms with Crippen molar-refractivity contribution in [2.24, 2.45) is 0 Å². The summed E-state index contributed by atoms with van der Waals surface area (Å²) in [5.41, 5.74) is 3.33. The highest BCUT2D eigenvalue weighted by atomic mass is 16.3. The summed E-state index contributed by atoms with van der Waals surface area (Å²) in [6.07, 6.45) is 0. The van der Waals surface area contributed by atoms with E-state index in [0.717, 1.165) is 16.0 Å². The van der Waals surface area contributed by atoms with Crippen molar-refractivity contribution < 1.29 is 19.5 Å². The maximum Gasteiger partial charge on any atom is 0.266 e. The molecule has 5 rings (SSSR count). The van der Waals surface area contributed by atoms with Crippen LogP contribution >= 0.6 is 0 Å². The van der Waals surface area contributed by atoms with Gasteiger partial charge in [-0.2, -0.15) is 0 Å². The van der Waals surface area contributed by atoms with Crippen molar-refractivity contribution in [2.75, 3.05) is 10.2 Å². The van der Waals surface area contributed by atoms with Crippen LogP contribution in [-0.4, -0.2) is 22.8 Å². The predicted molar refractivity (Wildman–Crippen MR) is 126 cm³/mol. The van der Waals surface area contributed by atoms with Crippen LogP contribution in [0.15, 0.2) is 97.1 Å². The molecule has 0 aromatic heterocycles. The Bertz CT molecular complexity index is 1400. The van der Waals surface area contributed by atoms with Crippen molar-refractivity contribution in [3.8, 4) is 16.9 Å². The van der Waals surface area contributed by atoms with Gasteiger partial charge >= 0.3 is 0 Å². The molecule has 0 spiro atoms. The molecule has 0 saturated heterocycles. The van der Waals surface area contributed by atoms with Gasteiger partial charge < -0.3 is 10.4 Å². The van der Waals surface area contributed by atoms with Crippen molar-refractivity contribution >= 4 is 29.1 Å². The number of rotatable bonds is 4. The summed E-state index contributed by atoms with van der Waals surface area (Å²) in [6.45, 7) is 0. The maximum atomic E-state index is 13.3. The lowest BCUT2D eigenvalue weighted by molar-refractivity contribution is 0.0925. The minimum absolute atomic E-state index is 0.0884. The number of carbonyl (C=O) groups is 3. The van der Waals surface area contributed by atoms with Crippen molar-refractivity contribution in [1.82, 2.24) is 0 Å². The van der Waals surface area contributed by atoms with Gasteiger partial charge in [0.2, 0.25) is 0 Å². The molecule has 0 bridgehead atoms. The average molecular weight is 434 g/mol. The number of hydrogen-bond donors (Lipinski definition) is 2. The van der Waals surface area contributed by atoms with E-state index in [0.29, 0.717) is 11.4 Å². The fraction of sp³-hybridized carbons (Fsp3) is 0.